The van der Waals surface area contributed by atoms with Crippen molar-refractivity contribution in [3.05, 3.63) is 0 Å². The van der Waals surface area contributed by atoms with Gasteiger partial charge in [0.15, 0.2) is 9.84 Å². The van der Waals surface area contributed by atoms with E-state index in [-0.39, 0.29) is 12.6 Å². The first kappa shape index (κ1) is 11.4. The smallest absolute Gasteiger partial charge is 0.151 e. The van der Waals surface area contributed by atoms with Gasteiger partial charge >= 0.3 is 0 Å². The molecule has 0 aromatic heterocycles. The van der Waals surface area contributed by atoms with Crippen molar-refractivity contribution in [3.8, 4) is 0 Å². The van der Waals surface area contributed by atoms with Crippen LogP contribution in [0.1, 0.15) is 19.3 Å². The van der Waals surface area contributed by atoms with Gasteiger partial charge in [-0.3, -0.25) is 4.90 Å². The third kappa shape index (κ3) is 2.71. The van der Waals surface area contributed by atoms with Crippen molar-refractivity contribution in [2.24, 2.45) is 5.92 Å². The highest BCUT2D eigenvalue weighted by Gasteiger charge is 2.34. The second kappa shape index (κ2) is 4.39. The molecule has 0 aromatic carbocycles. The second-order valence-corrected chi connectivity index (χ2v) is 6.97. The molecule has 2 aliphatic heterocycles. The topological polar surface area (TPSA) is 57.6 Å². The molecule has 0 spiro atoms. The Morgan fingerprint density at radius 2 is 2.13 bits per heavy atom. The van der Waals surface area contributed by atoms with Gasteiger partial charge in [-0.1, -0.05) is 0 Å². The maximum atomic E-state index is 11.4. The molecule has 1 N–H and O–H groups in total. The maximum Gasteiger partial charge on any atom is 0.151 e. The largest absolute Gasteiger partial charge is 0.396 e. The van der Waals surface area contributed by atoms with Crippen LogP contribution < -0.4 is 0 Å². The third-order valence-electron chi connectivity index (χ3n) is 3.53. The third-order valence-corrected chi connectivity index (χ3v) is 5.28. The van der Waals surface area contributed by atoms with Gasteiger partial charge in [0.05, 0.1) is 11.5 Å². The molecule has 2 aliphatic rings. The fourth-order valence-corrected chi connectivity index (χ4v) is 4.40. The first-order valence-corrected chi connectivity index (χ1v) is 7.48. The van der Waals surface area contributed by atoms with Crippen LogP contribution in [0, 0.1) is 5.92 Å². The molecule has 15 heavy (non-hydrogen) atoms. The number of aliphatic hydroxyl groups is 1. The van der Waals surface area contributed by atoms with Gasteiger partial charge in [-0.2, -0.15) is 0 Å². The van der Waals surface area contributed by atoms with Gasteiger partial charge in [0.1, 0.15) is 0 Å². The highest BCUT2D eigenvalue weighted by molar-refractivity contribution is 7.91. The monoisotopic (exact) mass is 233 g/mol. The molecule has 2 fully saturated rings. The van der Waals surface area contributed by atoms with Gasteiger partial charge in [-0.05, 0) is 31.7 Å². The molecule has 5 heteroatoms. The number of sulfone groups is 1. The zero-order valence-electron chi connectivity index (χ0n) is 8.93. The molecule has 2 atom stereocenters. The van der Waals surface area contributed by atoms with Crippen LogP contribution in [0.4, 0.5) is 0 Å². The lowest BCUT2D eigenvalue weighted by atomic mass is 9.97. The van der Waals surface area contributed by atoms with E-state index in [4.69, 9.17) is 5.11 Å². The fraction of sp³-hybridized carbons (Fsp3) is 1.00. The minimum atomic E-state index is -2.77. The number of aliphatic hydroxyl groups excluding tert-OH is 1. The average molecular weight is 233 g/mol. The average Bonchev–Trinajstić information content (AvgIpc) is 2.59. The maximum absolute atomic E-state index is 11.4. The van der Waals surface area contributed by atoms with Crippen LogP contribution in [0.25, 0.3) is 0 Å². The number of likely N-dealkylation sites (tertiary alicyclic amines) is 1. The normalized spacial score (nSPS) is 36.9. The first-order valence-electron chi connectivity index (χ1n) is 5.66. The zero-order valence-corrected chi connectivity index (χ0v) is 9.75. The summed E-state index contributed by atoms with van der Waals surface area (Å²) in [6, 6.07) is 0.212. The van der Waals surface area contributed by atoms with Crippen LogP contribution in [0.15, 0.2) is 0 Å². The van der Waals surface area contributed by atoms with Gasteiger partial charge < -0.3 is 5.11 Å². The van der Waals surface area contributed by atoms with E-state index < -0.39 is 9.84 Å². The number of nitrogens with zero attached hydrogens (tertiary/aromatic N) is 1. The molecule has 88 valence electrons. The summed E-state index contributed by atoms with van der Waals surface area (Å²) in [6.45, 7) is 2.10. The Morgan fingerprint density at radius 1 is 1.33 bits per heavy atom. The van der Waals surface area contributed by atoms with Crippen LogP contribution in [-0.4, -0.2) is 55.7 Å². The highest BCUT2D eigenvalue weighted by Crippen LogP contribution is 2.23. The number of rotatable bonds is 2. The van der Waals surface area contributed by atoms with E-state index in [1.165, 1.54) is 0 Å². The van der Waals surface area contributed by atoms with Crippen molar-refractivity contribution in [2.75, 3.05) is 31.2 Å². The van der Waals surface area contributed by atoms with E-state index >= 15 is 0 Å². The summed E-state index contributed by atoms with van der Waals surface area (Å²) < 4.78 is 22.7. The lowest BCUT2D eigenvalue weighted by Gasteiger charge is -2.35. The van der Waals surface area contributed by atoms with Crippen molar-refractivity contribution < 1.29 is 13.5 Å². The van der Waals surface area contributed by atoms with Crippen LogP contribution in [0.2, 0.25) is 0 Å². The second-order valence-electron chi connectivity index (χ2n) is 4.74. The van der Waals surface area contributed by atoms with Crippen molar-refractivity contribution in [3.63, 3.8) is 0 Å². The number of piperidine rings is 1. The molecule has 0 radical (unpaired) electrons. The standard InChI is InChI=1S/C10H19NO3S/c12-7-9-2-1-4-11(6-9)10-3-5-15(13,14)8-10/h9-10,12H,1-8H2. The van der Waals surface area contributed by atoms with Crippen LogP contribution in [-0.2, 0) is 9.84 Å². The quantitative estimate of drug-likeness (QED) is 0.722. The minimum Gasteiger partial charge on any atom is -0.396 e. The van der Waals surface area contributed by atoms with E-state index in [0.29, 0.717) is 17.4 Å². The summed E-state index contributed by atoms with van der Waals surface area (Å²) in [5.74, 6) is 1.02. The van der Waals surface area contributed by atoms with Crippen molar-refractivity contribution in [2.45, 2.75) is 25.3 Å². The molecule has 0 saturated carbocycles. The van der Waals surface area contributed by atoms with Crippen LogP contribution in [0.5, 0.6) is 0 Å². The molecule has 2 saturated heterocycles. The molecule has 4 nitrogen and oxygen atoms in total. The molecule has 2 heterocycles. The summed E-state index contributed by atoms with van der Waals surface area (Å²) >= 11 is 0. The van der Waals surface area contributed by atoms with Crippen LogP contribution >= 0.6 is 0 Å². The van der Waals surface area contributed by atoms with Crippen LogP contribution in [0.3, 0.4) is 0 Å². The number of hydrogen-bond donors (Lipinski definition) is 1. The SMILES string of the molecule is O=S1(=O)CCC(N2CCCC(CO)C2)C1. The molecular weight excluding hydrogens is 214 g/mol. The Hall–Kier alpha value is -0.130. The van der Waals surface area contributed by atoms with Crippen molar-refractivity contribution >= 4 is 9.84 Å². The van der Waals surface area contributed by atoms with E-state index in [2.05, 4.69) is 4.90 Å². The van der Waals surface area contributed by atoms with E-state index in [1.54, 1.807) is 0 Å². The molecule has 0 amide bonds. The fourth-order valence-electron chi connectivity index (χ4n) is 2.64. The van der Waals surface area contributed by atoms with Gasteiger partial charge in [-0.15, -0.1) is 0 Å². The molecular formula is C10H19NO3S. The number of hydrogen-bond acceptors (Lipinski definition) is 4. The van der Waals surface area contributed by atoms with E-state index in [9.17, 15) is 8.42 Å². The Balaban J connectivity index is 1.94. The molecule has 0 aromatic rings. The van der Waals surface area contributed by atoms with Gasteiger partial charge in [0.25, 0.3) is 0 Å². The van der Waals surface area contributed by atoms with Crippen molar-refractivity contribution in [1.82, 2.24) is 4.90 Å². The summed E-state index contributed by atoms with van der Waals surface area (Å²) in [5.41, 5.74) is 0. The molecule has 2 unspecified atom stereocenters. The van der Waals surface area contributed by atoms with Gasteiger partial charge in [-0.25, -0.2) is 8.42 Å². The molecule has 0 bridgehead atoms. The van der Waals surface area contributed by atoms with E-state index in [1.807, 2.05) is 0 Å². The molecule has 2 rings (SSSR count). The Morgan fingerprint density at radius 3 is 2.73 bits per heavy atom. The summed E-state index contributed by atoms with van der Waals surface area (Å²) in [6.07, 6.45) is 2.94. The lowest BCUT2D eigenvalue weighted by Crippen LogP contribution is -2.44. The zero-order chi connectivity index (χ0) is 10.9. The predicted molar refractivity (Wildman–Crippen MR) is 58.4 cm³/mol. The summed E-state index contributed by atoms with van der Waals surface area (Å²) in [5, 5.41) is 9.11. The predicted octanol–water partition coefficient (Wildman–Crippen LogP) is -0.122. The summed E-state index contributed by atoms with van der Waals surface area (Å²) in [4.78, 5) is 2.26. The van der Waals surface area contributed by atoms with Gasteiger partial charge in [0.2, 0.25) is 0 Å². The lowest BCUT2D eigenvalue weighted by molar-refractivity contribution is 0.0957. The Labute approximate surface area is 91.2 Å². The summed E-state index contributed by atoms with van der Waals surface area (Å²) in [7, 11) is -2.77. The van der Waals surface area contributed by atoms with E-state index in [0.717, 1.165) is 32.4 Å². The van der Waals surface area contributed by atoms with Gasteiger partial charge in [0, 0.05) is 19.2 Å². The highest BCUT2D eigenvalue weighted by atomic mass is 32.2. The minimum absolute atomic E-state index is 0.212. The first-order chi connectivity index (χ1) is 7.11. The Bertz CT molecular complexity index is 315. The molecule has 0 aliphatic carbocycles. The van der Waals surface area contributed by atoms with Crippen molar-refractivity contribution in [1.29, 1.82) is 0 Å². The Kier molecular flexibility index (Phi) is 3.33.